The molecule has 0 amide bonds. The molecule has 2 N–H and O–H groups in total. The molecule has 1 saturated carbocycles. The fraction of sp³-hybridized carbons (Fsp3) is 0.818. The van der Waals surface area contributed by atoms with Gasteiger partial charge in [-0.3, -0.25) is 5.32 Å². The first-order valence-electron chi connectivity index (χ1n) is 5.08. The molecule has 1 aliphatic rings. The van der Waals surface area contributed by atoms with Crippen molar-refractivity contribution in [3.63, 3.8) is 0 Å². The Morgan fingerprint density at radius 2 is 2.00 bits per heavy atom. The fourth-order valence-corrected chi connectivity index (χ4v) is 1.94. The Morgan fingerprint density at radius 1 is 1.31 bits per heavy atom. The molecule has 2 heteroatoms. The Balaban J connectivity index is 2.41. The topological polar surface area (TPSA) is 32.3 Å². The van der Waals surface area contributed by atoms with Crippen LogP contribution in [0.5, 0.6) is 0 Å². The maximum Gasteiger partial charge on any atom is 0.0613 e. The van der Waals surface area contributed by atoms with Crippen molar-refractivity contribution in [1.82, 2.24) is 5.32 Å². The van der Waals surface area contributed by atoms with Crippen molar-refractivity contribution in [2.45, 2.75) is 44.6 Å². The normalized spacial score (nSPS) is 20.5. The lowest BCUT2D eigenvalue weighted by atomic mass is 9.82. The van der Waals surface area contributed by atoms with Gasteiger partial charge in [-0.15, -0.1) is 5.92 Å². The van der Waals surface area contributed by atoms with Gasteiger partial charge in [-0.2, -0.15) is 0 Å². The standard InChI is InChI=1S/C11H19NO/c1-2-3-9-12-11(10-13)7-5-4-6-8-11/h12-13H,4-10H2,1H3. The van der Waals surface area contributed by atoms with Gasteiger partial charge in [0.2, 0.25) is 0 Å². The molecule has 0 radical (unpaired) electrons. The van der Waals surface area contributed by atoms with Crippen molar-refractivity contribution in [1.29, 1.82) is 0 Å². The van der Waals surface area contributed by atoms with E-state index in [1.165, 1.54) is 19.3 Å². The van der Waals surface area contributed by atoms with Gasteiger partial charge < -0.3 is 5.11 Å². The van der Waals surface area contributed by atoms with E-state index in [9.17, 15) is 5.11 Å². The first-order valence-corrected chi connectivity index (χ1v) is 5.08. The molecule has 0 saturated heterocycles. The second kappa shape index (κ2) is 5.26. The quantitative estimate of drug-likeness (QED) is 0.643. The Bertz CT molecular complexity index is 196. The minimum absolute atomic E-state index is 0.0257. The SMILES string of the molecule is CC#CCNC1(CO)CCCCC1. The van der Waals surface area contributed by atoms with Gasteiger partial charge in [0.15, 0.2) is 0 Å². The van der Waals surface area contributed by atoms with Crippen LogP contribution in [0.25, 0.3) is 0 Å². The zero-order valence-electron chi connectivity index (χ0n) is 8.40. The summed E-state index contributed by atoms with van der Waals surface area (Å²) in [6, 6.07) is 0. The van der Waals surface area contributed by atoms with Crippen LogP contribution in [0.2, 0.25) is 0 Å². The van der Waals surface area contributed by atoms with E-state index >= 15 is 0 Å². The van der Waals surface area contributed by atoms with Gasteiger partial charge in [0.1, 0.15) is 0 Å². The van der Waals surface area contributed by atoms with Gasteiger partial charge in [0.25, 0.3) is 0 Å². The summed E-state index contributed by atoms with van der Waals surface area (Å²) < 4.78 is 0. The molecule has 2 nitrogen and oxygen atoms in total. The van der Waals surface area contributed by atoms with Crippen LogP contribution < -0.4 is 5.32 Å². The molecule has 0 unspecified atom stereocenters. The molecule has 0 aromatic carbocycles. The maximum absolute atomic E-state index is 9.33. The molecule has 1 fully saturated rings. The third-order valence-electron chi connectivity index (χ3n) is 2.84. The Kier molecular flexibility index (Phi) is 4.27. The molecule has 1 rings (SSSR count). The van der Waals surface area contributed by atoms with Crippen molar-refractivity contribution < 1.29 is 5.11 Å². The van der Waals surface area contributed by atoms with Gasteiger partial charge in [-0.25, -0.2) is 0 Å². The summed E-state index contributed by atoms with van der Waals surface area (Å²) in [6.45, 7) is 2.80. The summed E-state index contributed by atoms with van der Waals surface area (Å²) in [5.74, 6) is 5.84. The number of hydrogen-bond acceptors (Lipinski definition) is 2. The molecule has 0 aromatic heterocycles. The molecule has 0 aliphatic heterocycles. The van der Waals surface area contributed by atoms with Crippen LogP contribution in [0.3, 0.4) is 0 Å². The highest BCUT2D eigenvalue weighted by molar-refractivity contribution is 5.01. The first kappa shape index (κ1) is 10.6. The van der Waals surface area contributed by atoms with Crippen molar-refractivity contribution in [3.05, 3.63) is 0 Å². The highest BCUT2D eigenvalue weighted by Crippen LogP contribution is 2.27. The second-order valence-electron chi connectivity index (χ2n) is 3.78. The van der Waals surface area contributed by atoms with Crippen molar-refractivity contribution in [3.8, 4) is 11.8 Å². The lowest BCUT2D eigenvalue weighted by molar-refractivity contribution is 0.125. The zero-order valence-corrected chi connectivity index (χ0v) is 8.40. The van der Waals surface area contributed by atoms with Crippen LogP contribution in [0.15, 0.2) is 0 Å². The summed E-state index contributed by atoms with van der Waals surface area (Å²) in [6.07, 6.45) is 5.95. The van der Waals surface area contributed by atoms with Gasteiger partial charge in [0.05, 0.1) is 13.2 Å². The molecule has 1 aliphatic carbocycles. The third kappa shape index (κ3) is 3.02. The molecular formula is C11H19NO. The van der Waals surface area contributed by atoms with E-state index in [4.69, 9.17) is 0 Å². The van der Waals surface area contributed by atoms with Crippen LogP contribution in [0, 0.1) is 11.8 Å². The first-order chi connectivity index (χ1) is 6.33. The Hall–Kier alpha value is -0.520. The van der Waals surface area contributed by atoms with E-state index in [0.717, 1.165) is 12.8 Å². The van der Waals surface area contributed by atoms with E-state index in [-0.39, 0.29) is 12.1 Å². The minimum Gasteiger partial charge on any atom is -0.394 e. The molecule has 0 spiro atoms. The molecule has 0 heterocycles. The molecule has 74 valence electrons. The average Bonchev–Trinajstić information content (AvgIpc) is 2.20. The summed E-state index contributed by atoms with van der Waals surface area (Å²) in [5.41, 5.74) is -0.0257. The predicted molar refractivity (Wildman–Crippen MR) is 54.4 cm³/mol. The number of aliphatic hydroxyl groups is 1. The highest BCUT2D eigenvalue weighted by atomic mass is 16.3. The summed E-state index contributed by atoms with van der Waals surface area (Å²) in [7, 11) is 0. The zero-order chi connectivity index (χ0) is 9.57. The van der Waals surface area contributed by atoms with Gasteiger partial charge in [-0.05, 0) is 19.8 Å². The number of rotatable bonds is 3. The maximum atomic E-state index is 9.33. The second-order valence-corrected chi connectivity index (χ2v) is 3.78. The van der Waals surface area contributed by atoms with Crippen LogP contribution in [0.1, 0.15) is 39.0 Å². The van der Waals surface area contributed by atoms with E-state index in [1.54, 1.807) is 0 Å². The van der Waals surface area contributed by atoms with E-state index in [0.29, 0.717) is 6.54 Å². The fourth-order valence-electron chi connectivity index (χ4n) is 1.94. The average molecular weight is 181 g/mol. The number of aliphatic hydroxyl groups excluding tert-OH is 1. The summed E-state index contributed by atoms with van der Waals surface area (Å²) in [5, 5.41) is 12.7. The van der Waals surface area contributed by atoms with Crippen LogP contribution in [-0.4, -0.2) is 23.8 Å². The van der Waals surface area contributed by atoms with E-state index in [1.807, 2.05) is 6.92 Å². The lowest BCUT2D eigenvalue weighted by Gasteiger charge is -2.36. The molecular weight excluding hydrogens is 162 g/mol. The van der Waals surface area contributed by atoms with Gasteiger partial charge in [-0.1, -0.05) is 25.2 Å². The Labute approximate surface area is 80.7 Å². The van der Waals surface area contributed by atoms with E-state index in [2.05, 4.69) is 17.2 Å². The smallest absolute Gasteiger partial charge is 0.0613 e. The molecule has 0 aromatic rings. The molecule has 0 bridgehead atoms. The number of hydrogen-bond donors (Lipinski definition) is 2. The molecule has 13 heavy (non-hydrogen) atoms. The molecule has 0 atom stereocenters. The lowest BCUT2D eigenvalue weighted by Crippen LogP contribution is -2.50. The Morgan fingerprint density at radius 3 is 2.54 bits per heavy atom. The summed E-state index contributed by atoms with van der Waals surface area (Å²) in [4.78, 5) is 0. The third-order valence-corrected chi connectivity index (χ3v) is 2.84. The van der Waals surface area contributed by atoms with Crippen molar-refractivity contribution >= 4 is 0 Å². The van der Waals surface area contributed by atoms with Crippen molar-refractivity contribution in [2.24, 2.45) is 0 Å². The monoisotopic (exact) mass is 181 g/mol. The number of nitrogens with one attached hydrogen (secondary N) is 1. The van der Waals surface area contributed by atoms with Crippen molar-refractivity contribution in [2.75, 3.05) is 13.2 Å². The highest BCUT2D eigenvalue weighted by Gasteiger charge is 2.29. The van der Waals surface area contributed by atoms with Gasteiger partial charge in [0, 0.05) is 5.54 Å². The van der Waals surface area contributed by atoms with Crippen LogP contribution >= 0.6 is 0 Å². The largest absolute Gasteiger partial charge is 0.394 e. The van der Waals surface area contributed by atoms with E-state index < -0.39 is 0 Å². The minimum atomic E-state index is -0.0257. The van der Waals surface area contributed by atoms with Crippen LogP contribution in [-0.2, 0) is 0 Å². The predicted octanol–water partition coefficient (Wildman–Crippen LogP) is 1.29. The van der Waals surface area contributed by atoms with Crippen LogP contribution in [0.4, 0.5) is 0 Å². The summed E-state index contributed by atoms with van der Waals surface area (Å²) >= 11 is 0. The van der Waals surface area contributed by atoms with Gasteiger partial charge >= 0.3 is 0 Å².